The molecule has 0 bridgehead atoms. The van der Waals surface area contributed by atoms with Crippen LogP contribution in [0.5, 0.6) is 0 Å². The lowest BCUT2D eigenvalue weighted by atomic mass is 9.96. The molecule has 0 nitrogen and oxygen atoms in total. The van der Waals surface area contributed by atoms with Gasteiger partial charge in [0, 0.05) is 11.2 Å². The summed E-state index contributed by atoms with van der Waals surface area (Å²) >= 11 is 3.39. The van der Waals surface area contributed by atoms with Crippen molar-refractivity contribution in [2.45, 2.75) is 50.5 Å². The molecule has 0 aromatic heterocycles. The molecule has 1 unspecified atom stereocenters. The SMILES string of the molecule is CCc1ccc(CC)c(C(Br)CCC(F)(F)F)c1. The smallest absolute Gasteiger partial charge is 0.171 e. The van der Waals surface area contributed by atoms with Crippen LogP contribution in [0.4, 0.5) is 13.2 Å². The summed E-state index contributed by atoms with van der Waals surface area (Å²) in [6.45, 7) is 4.07. The Bertz CT molecular complexity index is 385. The van der Waals surface area contributed by atoms with Crippen LogP contribution in [0.25, 0.3) is 0 Å². The molecule has 0 saturated carbocycles. The van der Waals surface area contributed by atoms with Crippen molar-refractivity contribution in [1.29, 1.82) is 0 Å². The zero-order chi connectivity index (χ0) is 13.8. The standard InChI is InChI=1S/C14H18BrF3/c1-3-10-5-6-11(4-2)12(9-10)13(15)7-8-14(16,17)18/h5-6,9,13H,3-4,7-8H2,1-2H3. The summed E-state index contributed by atoms with van der Waals surface area (Å²) in [6.07, 6.45) is -3.00. The molecule has 4 heteroatoms. The number of aryl methyl sites for hydroxylation is 2. The number of hydrogen-bond acceptors (Lipinski definition) is 0. The first-order valence-corrected chi connectivity index (χ1v) is 7.11. The Balaban J connectivity index is 2.85. The maximum Gasteiger partial charge on any atom is 0.389 e. The van der Waals surface area contributed by atoms with E-state index in [0.717, 1.165) is 24.0 Å². The number of hydrogen-bond donors (Lipinski definition) is 0. The fourth-order valence-electron chi connectivity index (χ4n) is 1.92. The maximum absolute atomic E-state index is 12.2. The van der Waals surface area contributed by atoms with Crippen molar-refractivity contribution in [3.63, 3.8) is 0 Å². The van der Waals surface area contributed by atoms with Gasteiger partial charge in [0.1, 0.15) is 0 Å². The highest BCUT2D eigenvalue weighted by molar-refractivity contribution is 9.09. The van der Waals surface area contributed by atoms with Crippen LogP contribution in [0.15, 0.2) is 18.2 Å². The highest BCUT2D eigenvalue weighted by Crippen LogP contribution is 2.35. The zero-order valence-electron chi connectivity index (χ0n) is 10.6. The lowest BCUT2D eigenvalue weighted by Gasteiger charge is -2.16. The molecule has 0 spiro atoms. The summed E-state index contributed by atoms with van der Waals surface area (Å²) in [4.78, 5) is -0.222. The second-order valence-corrected chi connectivity index (χ2v) is 5.47. The average molecular weight is 323 g/mol. The molecular weight excluding hydrogens is 305 g/mol. The van der Waals surface area contributed by atoms with E-state index in [4.69, 9.17) is 0 Å². The quantitative estimate of drug-likeness (QED) is 0.620. The Morgan fingerprint density at radius 1 is 1.17 bits per heavy atom. The van der Waals surface area contributed by atoms with Crippen molar-refractivity contribution in [3.8, 4) is 0 Å². The van der Waals surface area contributed by atoms with Gasteiger partial charge in [-0.1, -0.05) is 48.0 Å². The first-order chi connectivity index (χ1) is 8.37. The predicted molar refractivity (Wildman–Crippen MR) is 72.2 cm³/mol. The predicted octanol–water partition coefficient (Wildman–Crippen LogP) is 5.59. The van der Waals surface area contributed by atoms with Gasteiger partial charge in [0.2, 0.25) is 0 Å². The molecule has 0 aliphatic rings. The monoisotopic (exact) mass is 322 g/mol. The molecule has 0 aliphatic heterocycles. The van der Waals surface area contributed by atoms with Gasteiger partial charge in [-0.05, 0) is 36.0 Å². The van der Waals surface area contributed by atoms with Crippen molar-refractivity contribution in [2.24, 2.45) is 0 Å². The molecule has 1 aromatic rings. The Kier molecular flexibility index (Phi) is 5.70. The largest absolute Gasteiger partial charge is 0.389 e. The van der Waals surface area contributed by atoms with Crippen LogP contribution < -0.4 is 0 Å². The van der Waals surface area contributed by atoms with E-state index < -0.39 is 12.6 Å². The Morgan fingerprint density at radius 2 is 1.83 bits per heavy atom. The van der Waals surface area contributed by atoms with Gasteiger partial charge < -0.3 is 0 Å². The Hall–Kier alpha value is -0.510. The summed E-state index contributed by atoms with van der Waals surface area (Å²) in [6, 6.07) is 6.09. The number of benzene rings is 1. The lowest BCUT2D eigenvalue weighted by molar-refractivity contribution is -0.135. The molecule has 1 atom stereocenters. The third-order valence-corrected chi connectivity index (χ3v) is 3.97. The van der Waals surface area contributed by atoms with E-state index >= 15 is 0 Å². The van der Waals surface area contributed by atoms with Crippen LogP contribution in [-0.2, 0) is 12.8 Å². The first-order valence-electron chi connectivity index (χ1n) is 6.19. The van der Waals surface area contributed by atoms with E-state index in [1.165, 1.54) is 5.56 Å². The topological polar surface area (TPSA) is 0 Å². The van der Waals surface area contributed by atoms with Crippen LogP contribution in [0.2, 0.25) is 0 Å². The van der Waals surface area contributed by atoms with Gasteiger partial charge in [-0.2, -0.15) is 13.2 Å². The molecule has 0 N–H and O–H groups in total. The van der Waals surface area contributed by atoms with Crippen molar-refractivity contribution in [3.05, 3.63) is 34.9 Å². The minimum absolute atomic E-state index is 0.0870. The first kappa shape index (κ1) is 15.5. The van der Waals surface area contributed by atoms with Crippen molar-refractivity contribution in [1.82, 2.24) is 0 Å². The van der Waals surface area contributed by atoms with Gasteiger partial charge in [-0.15, -0.1) is 0 Å². The number of rotatable bonds is 5. The zero-order valence-corrected chi connectivity index (χ0v) is 12.2. The lowest BCUT2D eigenvalue weighted by Crippen LogP contribution is -2.09. The van der Waals surface area contributed by atoms with Gasteiger partial charge in [0.05, 0.1) is 0 Å². The molecule has 102 valence electrons. The van der Waals surface area contributed by atoms with Gasteiger partial charge in [-0.25, -0.2) is 0 Å². The third kappa shape index (κ3) is 4.63. The summed E-state index contributed by atoms with van der Waals surface area (Å²) < 4.78 is 36.7. The number of alkyl halides is 4. The summed E-state index contributed by atoms with van der Waals surface area (Å²) in [5.74, 6) is 0. The fourth-order valence-corrected chi connectivity index (χ4v) is 2.58. The fraction of sp³-hybridized carbons (Fsp3) is 0.571. The second-order valence-electron chi connectivity index (χ2n) is 4.36. The van der Waals surface area contributed by atoms with E-state index in [9.17, 15) is 13.2 Å². The molecule has 0 saturated heterocycles. The third-order valence-electron chi connectivity index (χ3n) is 3.02. The molecule has 1 aromatic carbocycles. The Labute approximate surface area is 115 Å². The summed E-state index contributed by atoms with van der Waals surface area (Å²) in [5, 5.41) is 0. The van der Waals surface area contributed by atoms with Crippen LogP contribution in [0.3, 0.4) is 0 Å². The maximum atomic E-state index is 12.2. The van der Waals surface area contributed by atoms with Crippen molar-refractivity contribution >= 4 is 15.9 Å². The molecule has 0 aliphatic carbocycles. The van der Waals surface area contributed by atoms with E-state index in [1.54, 1.807) is 0 Å². The molecule has 0 radical (unpaired) electrons. The van der Waals surface area contributed by atoms with Gasteiger partial charge in [0.25, 0.3) is 0 Å². The summed E-state index contributed by atoms with van der Waals surface area (Å²) in [5.41, 5.74) is 3.29. The molecule has 0 heterocycles. The molecule has 1 rings (SSSR count). The van der Waals surface area contributed by atoms with Crippen LogP contribution >= 0.6 is 15.9 Å². The van der Waals surface area contributed by atoms with Gasteiger partial charge in [-0.3, -0.25) is 0 Å². The molecule has 18 heavy (non-hydrogen) atoms. The van der Waals surface area contributed by atoms with Gasteiger partial charge in [0.15, 0.2) is 0 Å². The van der Waals surface area contributed by atoms with Crippen molar-refractivity contribution < 1.29 is 13.2 Å². The van der Waals surface area contributed by atoms with Crippen molar-refractivity contribution in [2.75, 3.05) is 0 Å². The van der Waals surface area contributed by atoms with E-state index in [1.807, 2.05) is 32.0 Å². The van der Waals surface area contributed by atoms with E-state index in [2.05, 4.69) is 15.9 Å². The summed E-state index contributed by atoms with van der Waals surface area (Å²) in [7, 11) is 0. The Morgan fingerprint density at radius 3 is 2.33 bits per heavy atom. The normalized spacial score (nSPS) is 13.7. The van der Waals surface area contributed by atoms with Crippen LogP contribution in [0, 0.1) is 0 Å². The van der Waals surface area contributed by atoms with Gasteiger partial charge >= 0.3 is 6.18 Å². The van der Waals surface area contributed by atoms with E-state index in [-0.39, 0.29) is 11.2 Å². The van der Waals surface area contributed by atoms with Crippen LogP contribution in [0.1, 0.15) is 48.2 Å². The average Bonchev–Trinajstić information content (AvgIpc) is 2.34. The van der Waals surface area contributed by atoms with Crippen LogP contribution in [-0.4, -0.2) is 6.18 Å². The minimum atomic E-state index is -4.08. The number of halogens is 4. The molecule has 0 fully saturated rings. The highest BCUT2D eigenvalue weighted by atomic mass is 79.9. The highest BCUT2D eigenvalue weighted by Gasteiger charge is 2.28. The minimum Gasteiger partial charge on any atom is -0.171 e. The second kappa shape index (κ2) is 6.60. The molecular formula is C14H18BrF3. The molecule has 0 amide bonds. The van der Waals surface area contributed by atoms with E-state index in [0.29, 0.717) is 0 Å².